The summed E-state index contributed by atoms with van der Waals surface area (Å²) in [7, 11) is 0. The van der Waals surface area contributed by atoms with E-state index in [4.69, 9.17) is 4.74 Å². The van der Waals surface area contributed by atoms with Crippen LogP contribution in [-0.2, 0) is 20.7 Å². The fraction of sp³-hybridized carbons (Fsp3) is 0.615. The lowest BCUT2D eigenvalue weighted by Crippen LogP contribution is -2.57. The Morgan fingerprint density at radius 2 is 2.20 bits per heavy atom. The molecule has 2 N–H and O–H groups in total. The van der Waals surface area contributed by atoms with E-state index in [1.165, 1.54) is 11.3 Å². The first-order valence-electron chi connectivity index (χ1n) is 6.55. The summed E-state index contributed by atoms with van der Waals surface area (Å²) in [5, 5.41) is 12.0. The molecule has 1 aromatic rings. The van der Waals surface area contributed by atoms with Gasteiger partial charge in [0.2, 0.25) is 5.91 Å². The van der Waals surface area contributed by atoms with Crippen LogP contribution in [0.3, 0.4) is 0 Å². The largest absolute Gasteiger partial charge is 0.480 e. The molecular weight excluding hydrogens is 280 g/mol. The third-order valence-corrected chi connectivity index (χ3v) is 4.55. The van der Waals surface area contributed by atoms with Crippen LogP contribution in [0.25, 0.3) is 0 Å². The molecule has 0 bridgehead atoms. The Labute approximate surface area is 121 Å². The smallest absolute Gasteiger partial charge is 0.329 e. The number of ether oxygens (including phenoxy) is 1. The van der Waals surface area contributed by atoms with Gasteiger partial charge in [-0.25, -0.2) is 9.78 Å². The highest BCUT2D eigenvalue weighted by Gasteiger charge is 2.41. The van der Waals surface area contributed by atoms with Gasteiger partial charge in [-0.05, 0) is 13.3 Å². The first-order chi connectivity index (χ1) is 9.53. The number of hydrogen-bond donors (Lipinski definition) is 2. The van der Waals surface area contributed by atoms with Gasteiger partial charge < -0.3 is 15.2 Å². The number of aryl methyl sites for hydroxylation is 2. The Morgan fingerprint density at radius 1 is 1.50 bits per heavy atom. The second kappa shape index (κ2) is 6.32. The molecule has 0 radical (unpaired) electrons. The van der Waals surface area contributed by atoms with Crippen LogP contribution in [0.15, 0.2) is 5.51 Å². The first kappa shape index (κ1) is 14.9. The number of carboxylic acid groups (broad SMARTS) is 1. The van der Waals surface area contributed by atoms with E-state index in [-0.39, 0.29) is 12.3 Å². The molecule has 0 aromatic carbocycles. The minimum atomic E-state index is -1.17. The number of carboxylic acids is 1. The number of nitrogens with one attached hydrogen (secondary N) is 1. The van der Waals surface area contributed by atoms with E-state index < -0.39 is 11.5 Å². The van der Waals surface area contributed by atoms with Gasteiger partial charge >= 0.3 is 5.97 Å². The highest BCUT2D eigenvalue weighted by Crippen LogP contribution is 2.22. The standard InChI is InChI=1S/C13H18N2O4S/c1-9-10(20-8-14-9)2-3-11(16)15-13(12(17)18)4-6-19-7-5-13/h8H,2-7H2,1H3,(H,15,16)(H,17,18). The van der Waals surface area contributed by atoms with Crippen molar-refractivity contribution in [3.8, 4) is 0 Å². The zero-order valence-electron chi connectivity index (χ0n) is 11.3. The van der Waals surface area contributed by atoms with E-state index in [0.717, 1.165) is 10.6 Å². The molecule has 20 heavy (non-hydrogen) atoms. The molecule has 1 aliphatic heterocycles. The van der Waals surface area contributed by atoms with Gasteiger partial charge in [0, 0.05) is 37.4 Å². The maximum atomic E-state index is 12.0. The molecule has 1 amide bonds. The number of hydrogen-bond acceptors (Lipinski definition) is 5. The van der Waals surface area contributed by atoms with Crippen molar-refractivity contribution >= 4 is 23.2 Å². The summed E-state index contributed by atoms with van der Waals surface area (Å²) in [4.78, 5) is 28.6. The first-order valence-corrected chi connectivity index (χ1v) is 7.42. The fourth-order valence-corrected chi connectivity index (χ4v) is 3.02. The van der Waals surface area contributed by atoms with Gasteiger partial charge in [0.05, 0.1) is 11.2 Å². The van der Waals surface area contributed by atoms with Crippen LogP contribution < -0.4 is 5.32 Å². The SMILES string of the molecule is Cc1ncsc1CCC(=O)NC1(C(=O)O)CCOCC1. The predicted molar refractivity (Wildman–Crippen MR) is 73.7 cm³/mol. The predicted octanol–water partition coefficient (Wildman–Crippen LogP) is 1.13. The Bertz CT molecular complexity index is 494. The summed E-state index contributed by atoms with van der Waals surface area (Å²) in [6.07, 6.45) is 1.49. The van der Waals surface area contributed by atoms with Crippen molar-refractivity contribution in [3.05, 3.63) is 16.1 Å². The average Bonchev–Trinajstić information content (AvgIpc) is 2.83. The van der Waals surface area contributed by atoms with E-state index >= 15 is 0 Å². The van der Waals surface area contributed by atoms with Crippen LogP contribution in [-0.4, -0.2) is 40.7 Å². The minimum Gasteiger partial charge on any atom is -0.480 e. The molecule has 0 unspecified atom stereocenters. The maximum absolute atomic E-state index is 12.0. The van der Waals surface area contributed by atoms with Gasteiger partial charge in [-0.2, -0.15) is 0 Å². The lowest BCUT2D eigenvalue weighted by atomic mass is 9.90. The van der Waals surface area contributed by atoms with Crippen LogP contribution in [0.1, 0.15) is 29.8 Å². The van der Waals surface area contributed by atoms with Crippen molar-refractivity contribution < 1.29 is 19.4 Å². The van der Waals surface area contributed by atoms with E-state index in [2.05, 4.69) is 10.3 Å². The van der Waals surface area contributed by atoms with Crippen LogP contribution in [0, 0.1) is 6.92 Å². The minimum absolute atomic E-state index is 0.234. The highest BCUT2D eigenvalue weighted by molar-refractivity contribution is 7.09. The molecule has 1 aliphatic rings. The fourth-order valence-electron chi connectivity index (χ4n) is 2.23. The lowest BCUT2D eigenvalue weighted by Gasteiger charge is -2.33. The topological polar surface area (TPSA) is 88.5 Å². The maximum Gasteiger partial charge on any atom is 0.329 e. The summed E-state index contributed by atoms with van der Waals surface area (Å²) >= 11 is 1.52. The molecule has 2 rings (SSSR count). The molecule has 2 heterocycles. The molecular formula is C13H18N2O4S. The number of aromatic nitrogens is 1. The molecule has 1 fully saturated rings. The summed E-state index contributed by atoms with van der Waals surface area (Å²) in [6.45, 7) is 2.63. The van der Waals surface area contributed by atoms with Gasteiger partial charge in [0.25, 0.3) is 0 Å². The number of carbonyl (C=O) groups excluding carboxylic acids is 1. The van der Waals surface area contributed by atoms with Crippen molar-refractivity contribution in [3.63, 3.8) is 0 Å². The number of amides is 1. The number of aliphatic carboxylic acids is 1. The molecule has 1 aromatic heterocycles. The third kappa shape index (κ3) is 3.34. The second-order valence-corrected chi connectivity index (χ2v) is 5.85. The van der Waals surface area contributed by atoms with E-state index in [1.54, 1.807) is 5.51 Å². The average molecular weight is 298 g/mol. The summed E-state index contributed by atoms with van der Waals surface area (Å²) in [6, 6.07) is 0. The number of nitrogens with zero attached hydrogens (tertiary/aromatic N) is 1. The van der Waals surface area contributed by atoms with Crippen molar-refractivity contribution in [1.29, 1.82) is 0 Å². The highest BCUT2D eigenvalue weighted by atomic mass is 32.1. The van der Waals surface area contributed by atoms with Crippen LogP contribution in [0.2, 0.25) is 0 Å². The molecule has 1 saturated heterocycles. The Balaban J connectivity index is 1.92. The van der Waals surface area contributed by atoms with Crippen molar-refractivity contribution in [1.82, 2.24) is 10.3 Å². The number of thiazole rings is 1. The molecule has 0 atom stereocenters. The zero-order chi connectivity index (χ0) is 14.6. The number of rotatable bonds is 5. The van der Waals surface area contributed by atoms with E-state index in [1.807, 2.05) is 6.92 Å². The van der Waals surface area contributed by atoms with Gasteiger partial charge in [-0.1, -0.05) is 0 Å². The van der Waals surface area contributed by atoms with Gasteiger partial charge in [-0.15, -0.1) is 11.3 Å². The molecule has 110 valence electrons. The van der Waals surface area contributed by atoms with Crippen molar-refractivity contribution in [2.45, 2.75) is 38.1 Å². The Morgan fingerprint density at radius 3 is 2.75 bits per heavy atom. The van der Waals surface area contributed by atoms with E-state index in [0.29, 0.717) is 32.5 Å². The molecule has 0 spiro atoms. The summed E-state index contributed by atoms with van der Waals surface area (Å²) in [5.41, 5.74) is 1.51. The van der Waals surface area contributed by atoms with Gasteiger partial charge in [0.1, 0.15) is 5.54 Å². The molecule has 6 nitrogen and oxygen atoms in total. The van der Waals surface area contributed by atoms with Crippen LogP contribution in [0.5, 0.6) is 0 Å². The third-order valence-electron chi connectivity index (χ3n) is 3.56. The Hall–Kier alpha value is -1.47. The van der Waals surface area contributed by atoms with Crippen molar-refractivity contribution in [2.75, 3.05) is 13.2 Å². The molecule has 7 heteroatoms. The van der Waals surface area contributed by atoms with Gasteiger partial charge in [0.15, 0.2) is 0 Å². The van der Waals surface area contributed by atoms with Crippen LogP contribution >= 0.6 is 11.3 Å². The number of carbonyl (C=O) groups is 2. The van der Waals surface area contributed by atoms with E-state index in [9.17, 15) is 14.7 Å². The monoisotopic (exact) mass is 298 g/mol. The van der Waals surface area contributed by atoms with Crippen molar-refractivity contribution in [2.24, 2.45) is 0 Å². The summed E-state index contributed by atoms with van der Waals surface area (Å²) < 4.78 is 5.17. The lowest BCUT2D eigenvalue weighted by molar-refractivity contribution is -0.152. The molecule has 0 saturated carbocycles. The zero-order valence-corrected chi connectivity index (χ0v) is 12.2. The Kier molecular flexibility index (Phi) is 4.72. The molecule has 0 aliphatic carbocycles. The normalized spacial score (nSPS) is 17.6. The second-order valence-electron chi connectivity index (χ2n) is 4.91. The summed E-state index contributed by atoms with van der Waals surface area (Å²) in [5.74, 6) is -1.22. The van der Waals surface area contributed by atoms with Crippen LogP contribution in [0.4, 0.5) is 0 Å². The quantitative estimate of drug-likeness (QED) is 0.851. The van der Waals surface area contributed by atoms with Gasteiger partial charge in [-0.3, -0.25) is 4.79 Å².